The smallest absolute Gasteiger partial charge is 0.383 e. The molecule has 0 saturated heterocycles. The largest absolute Gasteiger partial charge is 0.390 e. The van der Waals surface area contributed by atoms with Crippen molar-refractivity contribution in [2.45, 2.75) is 24.4 Å². The second-order valence-corrected chi connectivity index (χ2v) is 10.9. The molecular weight excluding hydrogens is 519 g/mol. The molecule has 2 heterocycles. The summed E-state index contributed by atoms with van der Waals surface area (Å²) in [6, 6.07) is 12.6. The van der Waals surface area contributed by atoms with E-state index in [9.17, 15) is 26.4 Å². The maximum absolute atomic E-state index is 12.6. The predicted octanol–water partition coefficient (Wildman–Crippen LogP) is 5.13. The number of alkyl halides is 3. The second-order valence-electron chi connectivity index (χ2n) is 8.76. The van der Waals surface area contributed by atoms with Crippen molar-refractivity contribution >= 4 is 38.3 Å². The average Bonchev–Trinajstić information content (AvgIpc) is 3.16. The van der Waals surface area contributed by atoms with Crippen molar-refractivity contribution in [3.8, 4) is 22.4 Å². The number of sulfone groups is 1. The van der Waals surface area contributed by atoms with Crippen molar-refractivity contribution in [2.24, 2.45) is 7.05 Å². The minimum atomic E-state index is -4.58. The van der Waals surface area contributed by atoms with Crippen LogP contribution < -0.4 is 11.1 Å². The fourth-order valence-corrected chi connectivity index (χ4v) is 5.33. The number of hydrogen-bond acceptors (Lipinski definition) is 6. The van der Waals surface area contributed by atoms with Gasteiger partial charge in [0.2, 0.25) is 0 Å². The van der Waals surface area contributed by atoms with Crippen LogP contribution in [0.25, 0.3) is 33.4 Å². The topological polar surface area (TPSA) is 120 Å². The van der Waals surface area contributed by atoms with Gasteiger partial charge in [0, 0.05) is 23.9 Å². The number of anilines is 2. The first-order valence-corrected chi connectivity index (χ1v) is 13.0. The molecule has 4 aromatic rings. The maximum atomic E-state index is 12.6. The average molecular weight is 544 g/mol. The summed E-state index contributed by atoms with van der Waals surface area (Å²) >= 11 is 0. The number of aromatic nitrogens is 3. The molecule has 3 N–H and O–H groups in total. The third-order valence-electron chi connectivity index (χ3n) is 5.96. The molecule has 198 valence electrons. The molecule has 0 aliphatic carbocycles. The van der Waals surface area contributed by atoms with Crippen LogP contribution >= 0.6 is 0 Å². The highest BCUT2D eigenvalue weighted by atomic mass is 32.2. The highest BCUT2D eigenvalue weighted by Crippen LogP contribution is 2.42. The summed E-state index contributed by atoms with van der Waals surface area (Å²) < 4.78 is 64.5. The van der Waals surface area contributed by atoms with Crippen molar-refractivity contribution in [1.29, 1.82) is 0 Å². The van der Waals surface area contributed by atoms with E-state index in [1.807, 2.05) is 4.57 Å². The van der Waals surface area contributed by atoms with Gasteiger partial charge in [-0.3, -0.25) is 4.79 Å². The monoisotopic (exact) mass is 543 g/mol. The summed E-state index contributed by atoms with van der Waals surface area (Å²) in [5, 5.41) is 3.28. The first-order valence-electron chi connectivity index (χ1n) is 11.3. The number of amides is 1. The molecule has 0 atom stereocenters. The van der Waals surface area contributed by atoms with Crippen molar-refractivity contribution in [3.63, 3.8) is 0 Å². The fourth-order valence-electron chi connectivity index (χ4n) is 4.04. The number of halogens is 3. The summed E-state index contributed by atoms with van der Waals surface area (Å²) in [5.74, 6) is -1.14. The van der Waals surface area contributed by atoms with Crippen LogP contribution in [0.5, 0.6) is 0 Å². The van der Waals surface area contributed by atoms with Gasteiger partial charge < -0.3 is 15.6 Å². The summed E-state index contributed by atoms with van der Waals surface area (Å²) in [6.07, 6.45) is -4.68. The Bertz CT molecular complexity index is 1640. The van der Waals surface area contributed by atoms with Gasteiger partial charge in [-0.05, 0) is 42.3 Å². The molecule has 4 rings (SSSR count). The van der Waals surface area contributed by atoms with Crippen molar-refractivity contribution in [1.82, 2.24) is 14.5 Å². The number of carbonyl (C=O) groups excluding carboxylic acids is 1. The van der Waals surface area contributed by atoms with E-state index in [4.69, 9.17) is 5.73 Å². The first-order chi connectivity index (χ1) is 17.8. The zero-order chi connectivity index (χ0) is 27.8. The van der Waals surface area contributed by atoms with Gasteiger partial charge in [-0.15, -0.1) is 0 Å². The highest BCUT2D eigenvalue weighted by molar-refractivity contribution is 7.91. The van der Waals surface area contributed by atoms with Crippen LogP contribution in [-0.4, -0.2) is 40.8 Å². The third-order valence-corrected chi connectivity index (χ3v) is 7.69. The summed E-state index contributed by atoms with van der Waals surface area (Å²) in [6.45, 7) is 5.22. The summed E-state index contributed by atoms with van der Waals surface area (Å²) in [5.41, 5.74) is 10.3. The molecule has 38 heavy (non-hydrogen) atoms. The number of fused-ring (bicyclic) bond motifs is 1. The van der Waals surface area contributed by atoms with Gasteiger partial charge in [-0.25, -0.2) is 18.4 Å². The Kier molecular flexibility index (Phi) is 7.02. The van der Waals surface area contributed by atoms with E-state index < -0.39 is 28.2 Å². The Morgan fingerprint density at radius 3 is 2.24 bits per heavy atom. The van der Waals surface area contributed by atoms with Crippen LogP contribution in [0.15, 0.2) is 71.9 Å². The molecular formula is C26H24F3N5O3S. The Morgan fingerprint density at radius 2 is 1.66 bits per heavy atom. The predicted molar refractivity (Wildman–Crippen MR) is 140 cm³/mol. The molecule has 0 spiro atoms. The molecule has 0 unspecified atom stereocenters. The molecule has 0 aliphatic heterocycles. The molecule has 12 heteroatoms. The molecule has 1 amide bonds. The molecule has 2 aromatic carbocycles. The van der Waals surface area contributed by atoms with Gasteiger partial charge in [0.1, 0.15) is 17.8 Å². The first kappa shape index (κ1) is 26.9. The number of benzene rings is 2. The number of nitrogens with two attached hydrogens (primary N) is 1. The normalized spacial score (nSPS) is 12.0. The van der Waals surface area contributed by atoms with E-state index >= 15 is 0 Å². The standard InChI is InChI=1S/C26H24F3N5O3S/c1-15(2)25(35)33-18-8-4-17(5-9-18)22-20(21-23(30)31-14-32-24(21)34(22)3)16-6-10-19(11-7-16)38(36,37)13-12-26(27,28)29/h4-11,14H,1,12-13H2,2-3H3,(H,33,35)(H2,30,31,32). The molecule has 0 aliphatic rings. The number of nitrogens with zero attached hydrogens (tertiary/aromatic N) is 3. The minimum absolute atomic E-state index is 0.207. The highest BCUT2D eigenvalue weighted by Gasteiger charge is 2.30. The van der Waals surface area contributed by atoms with Crippen LogP contribution in [0.2, 0.25) is 0 Å². The van der Waals surface area contributed by atoms with E-state index in [0.717, 1.165) is 5.56 Å². The van der Waals surface area contributed by atoms with E-state index in [1.54, 1.807) is 38.2 Å². The van der Waals surface area contributed by atoms with Crippen LogP contribution in [0.1, 0.15) is 13.3 Å². The van der Waals surface area contributed by atoms with Crippen LogP contribution in [0, 0.1) is 0 Å². The number of carbonyl (C=O) groups is 1. The van der Waals surface area contributed by atoms with Crippen molar-refractivity contribution in [2.75, 3.05) is 16.8 Å². The van der Waals surface area contributed by atoms with E-state index in [1.165, 1.54) is 30.6 Å². The quantitative estimate of drug-likeness (QED) is 0.312. The van der Waals surface area contributed by atoms with Crippen molar-refractivity contribution < 1.29 is 26.4 Å². The lowest BCUT2D eigenvalue weighted by molar-refractivity contribution is -0.130. The molecule has 0 bridgehead atoms. The van der Waals surface area contributed by atoms with Gasteiger partial charge in [0.25, 0.3) is 5.91 Å². The Morgan fingerprint density at radius 1 is 1.05 bits per heavy atom. The maximum Gasteiger partial charge on any atom is 0.390 e. The number of hydrogen-bond donors (Lipinski definition) is 2. The fraction of sp³-hybridized carbons (Fsp3) is 0.192. The van der Waals surface area contributed by atoms with Gasteiger partial charge in [0.05, 0.1) is 28.1 Å². The van der Waals surface area contributed by atoms with E-state index in [0.29, 0.717) is 39.1 Å². The SMILES string of the molecule is C=C(C)C(=O)Nc1ccc(-c2c(-c3ccc(S(=O)(=O)CCC(F)(F)F)cc3)c3c(N)ncnc3n2C)cc1. The Labute approximate surface area is 216 Å². The lowest BCUT2D eigenvalue weighted by Crippen LogP contribution is -2.16. The minimum Gasteiger partial charge on any atom is -0.383 e. The van der Waals surface area contributed by atoms with Gasteiger partial charge in [0.15, 0.2) is 9.84 Å². The molecule has 0 fully saturated rings. The zero-order valence-electron chi connectivity index (χ0n) is 20.5. The number of nitrogens with one attached hydrogen (secondary N) is 1. The zero-order valence-corrected chi connectivity index (χ0v) is 21.3. The van der Waals surface area contributed by atoms with Crippen molar-refractivity contribution in [3.05, 3.63) is 67.0 Å². The molecule has 0 saturated carbocycles. The number of rotatable bonds is 7. The van der Waals surface area contributed by atoms with E-state index in [-0.39, 0.29) is 16.6 Å². The van der Waals surface area contributed by atoms with Gasteiger partial charge in [-0.1, -0.05) is 30.8 Å². The van der Waals surface area contributed by atoms with Crippen LogP contribution in [0.3, 0.4) is 0 Å². The number of nitrogen functional groups attached to an aromatic ring is 1. The van der Waals surface area contributed by atoms with Gasteiger partial charge in [-0.2, -0.15) is 13.2 Å². The van der Waals surface area contributed by atoms with Gasteiger partial charge >= 0.3 is 6.18 Å². The third kappa shape index (κ3) is 5.40. The van der Waals surface area contributed by atoms with Crippen LogP contribution in [0.4, 0.5) is 24.7 Å². The lowest BCUT2D eigenvalue weighted by atomic mass is 9.98. The number of aryl methyl sites for hydroxylation is 1. The molecule has 0 radical (unpaired) electrons. The van der Waals surface area contributed by atoms with Crippen LogP contribution in [-0.2, 0) is 21.7 Å². The molecule has 2 aromatic heterocycles. The molecule has 8 nitrogen and oxygen atoms in total. The lowest BCUT2D eigenvalue weighted by Gasteiger charge is -2.12. The summed E-state index contributed by atoms with van der Waals surface area (Å²) in [7, 11) is -2.34. The second kappa shape index (κ2) is 9.93. The Hall–Kier alpha value is -4.19. The Balaban J connectivity index is 1.80. The summed E-state index contributed by atoms with van der Waals surface area (Å²) in [4.78, 5) is 20.2. The van der Waals surface area contributed by atoms with E-state index in [2.05, 4.69) is 21.9 Å².